The van der Waals surface area contributed by atoms with Crippen LogP contribution in [0, 0.1) is 13.8 Å². The van der Waals surface area contributed by atoms with Crippen LogP contribution < -0.4 is 5.32 Å². The summed E-state index contributed by atoms with van der Waals surface area (Å²) in [6, 6.07) is 20.7. The highest BCUT2D eigenvalue weighted by molar-refractivity contribution is 7.19. The van der Waals surface area contributed by atoms with E-state index in [-0.39, 0.29) is 11.6 Å². The summed E-state index contributed by atoms with van der Waals surface area (Å²) in [4.78, 5) is 37.6. The largest absolute Gasteiger partial charge is 0.339 e. The van der Waals surface area contributed by atoms with Crippen molar-refractivity contribution in [3.8, 4) is 11.1 Å². The van der Waals surface area contributed by atoms with Crippen LogP contribution in [0.5, 0.6) is 0 Å². The fourth-order valence-corrected chi connectivity index (χ4v) is 5.60. The third-order valence-electron chi connectivity index (χ3n) is 6.21. The summed E-state index contributed by atoms with van der Waals surface area (Å²) in [5.74, 6) is 0.296. The molecule has 2 aromatic heterocycles. The molecule has 0 unspecified atom stereocenters. The minimum absolute atomic E-state index is 0.145. The van der Waals surface area contributed by atoms with Gasteiger partial charge in [0.1, 0.15) is 17.0 Å². The number of thiophene rings is 1. The molecule has 5 nitrogen and oxygen atoms in total. The summed E-state index contributed by atoms with van der Waals surface area (Å²) in [6.45, 7) is 4.14. The Morgan fingerprint density at radius 3 is 2.21 bits per heavy atom. The molecule has 0 atom stereocenters. The van der Waals surface area contributed by atoms with Crippen molar-refractivity contribution < 1.29 is 9.59 Å². The third kappa shape index (κ3) is 3.07. The molecule has 164 valence electrons. The first-order valence-corrected chi connectivity index (χ1v) is 11.7. The van der Waals surface area contributed by atoms with E-state index in [0.717, 1.165) is 26.2 Å². The Kier molecular flexibility index (Phi) is 4.64. The number of fused-ring (bicyclic) bond motifs is 3. The van der Waals surface area contributed by atoms with E-state index in [2.05, 4.69) is 53.4 Å². The summed E-state index contributed by atoms with van der Waals surface area (Å²) in [6.07, 6.45) is 1.52. The van der Waals surface area contributed by atoms with E-state index in [1.54, 1.807) is 47.7 Å². The van der Waals surface area contributed by atoms with Gasteiger partial charge in [-0.15, -0.1) is 11.3 Å². The second kappa shape index (κ2) is 7.71. The number of hydrogen-bond donors (Lipinski definition) is 1. The molecule has 3 aromatic carbocycles. The monoisotopic (exact) mass is 461 g/mol. The van der Waals surface area contributed by atoms with E-state index < -0.39 is 0 Å². The minimum Gasteiger partial charge on any atom is -0.339 e. The van der Waals surface area contributed by atoms with E-state index in [1.807, 2.05) is 6.07 Å². The molecule has 0 bridgehead atoms. The van der Waals surface area contributed by atoms with Crippen LogP contribution in [0.1, 0.15) is 42.3 Å². The highest BCUT2D eigenvalue weighted by atomic mass is 32.1. The number of nitrogens with zero attached hydrogens (tertiary/aromatic N) is 2. The van der Waals surface area contributed by atoms with Gasteiger partial charge in [-0.25, -0.2) is 9.97 Å². The van der Waals surface area contributed by atoms with Crippen LogP contribution in [0.25, 0.3) is 21.3 Å². The Balaban J connectivity index is 1.52. The average Bonchev–Trinajstić information content (AvgIpc) is 3.20. The van der Waals surface area contributed by atoms with Gasteiger partial charge in [0.05, 0.1) is 16.6 Å². The second-order valence-corrected chi connectivity index (χ2v) is 9.56. The summed E-state index contributed by atoms with van der Waals surface area (Å²) in [5, 5.41) is 4.28. The molecule has 1 N–H and O–H groups in total. The number of benzene rings is 3. The lowest BCUT2D eigenvalue weighted by molar-refractivity contribution is 0.0979. The van der Waals surface area contributed by atoms with E-state index in [0.29, 0.717) is 33.8 Å². The normalized spacial score (nSPS) is 12.5. The van der Waals surface area contributed by atoms with E-state index in [9.17, 15) is 9.59 Å². The lowest BCUT2D eigenvalue weighted by atomic mass is 9.83. The van der Waals surface area contributed by atoms with Crippen molar-refractivity contribution in [1.82, 2.24) is 9.97 Å². The zero-order valence-corrected chi connectivity index (χ0v) is 19.4. The Morgan fingerprint density at radius 2 is 1.44 bits per heavy atom. The number of nitrogens with one attached hydrogen (secondary N) is 1. The van der Waals surface area contributed by atoms with Gasteiger partial charge in [0.2, 0.25) is 0 Å². The lowest BCUT2D eigenvalue weighted by Gasteiger charge is -2.20. The first-order valence-electron chi connectivity index (χ1n) is 10.9. The van der Waals surface area contributed by atoms with Crippen LogP contribution in [0.2, 0.25) is 0 Å². The number of rotatable bonds is 3. The fourth-order valence-electron chi connectivity index (χ4n) is 4.58. The summed E-state index contributed by atoms with van der Waals surface area (Å²) >= 11 is 1.61. The Hall–Kier alpha value is -4.16. The molecule has 0 fully saturated rings. The van der Waals surface area contributed by atoms with Crippen LogP contribution in [0.4, 0.5) is 11.5 Å². The summed E-state index contributed by atoms with van der Waals surface area (Å²) < 4.78 is 0. The molecule has 0 saturated carbocycles. The standard InChI is InChI=1S/C28H19N3O2S/c1-15-10-12-17(13-11-15)22-16(2)34-28-24(22)27(29-14-30-28)31-21-9-5-8-20-23(21)26(33)19-7-4-3-6-18(19)25(20)32/h3-14H,1-2H3,(H,29,30,31). The fraction of sp³-hybridized carbons (Fsp3) is 0.0714. The number of carbonyl (C=O) groups excluding carboxylic acids is 2. The van der Waals surface area contributed by atoms with Gasteiger partial charge in [-0.05, 0) is 25.5 Å². The van der Waals surface area contributed by atoms with Gasteiger partial charge in [0.15, 0.2) is 11.6 Å². The molecule has 2 heterocycles. The van der Waals surface area contributed by atoms with Crippen molar-refractivity contribution in [3.05, 3.63) is 106 Å². The van der Waals surface area contributed by atoms with Crippen LogP contribution in [0.15, 0.2) is 73.1 Å². The van der Waals surface area contributed by atoms with Crippen molar-refractivity contribution in [2.75, 3.05) is 5.32 Å². The Labute approximate surface area is 200 Å². The van der Waals surface area contributed by atoms with Crippen LogP contribution in [-0.4, -0.2) is 21.5 Å². The number of hydrogen-bond acceptors (Lipinski definition) is 6. The number of anilines is 2. The quantitative estimate of drug-likeness (QED) is 0.326. The first-order chi connectivity index (χ1) is 16.5. The molecule has 0 aliphatic heterocycles. The van der Waals surface area contributed by atoms with Crippen LogP contribution >= 0.6 is 11.3 Å². The summed E-state index contributed by atoms with van der Waals surface area (Å²) in [5.41, 5.74) is 5.55. The van der Waals surface area contributed by atoms with Gasteiger partial charge in [-0.2, -0.15) is 0 Å². The predicted octanol–water partition coefficient (Wildman–Crippen LogP) is 6.49. The third-order valence-corrected chi connectivity index (χ3v) is 7.22. The molecule has 5 aromatic rings. The number of aromatic nitrogens is 2. The second-order valence-electron chi connectivity index (χ2n) is 8.36. The van der Waals surface area contributed by atoms with Gasteiger partial charge in [0.25, 0.3) is 0 Å². The molecule has 0 spiro atoms. The zero-order valence-electron chi connectivity index (χ0n) is 18.5. The highest BCUT2D eigenvalue weighted by Crippen LogP contribution is 2.42. The smallest absolute Gasteiger partial charge is 0.196 e. The van der Waals surface area contributed by atoms with Crippen molar-refractivity contribution in [2.24, 2.45) is 0 Å². The van der Waals surface area contributed by atoms with Gasteiger partial charge < -0.3 is 5.32 Å². The van der Waals surface area contributed by atoms with Crippen molar-refractivity contribution in [3.63, 3.8) is 0 Å². The van der Waals surface area contributed by atoms with Gasteiger partial charge in [0, 0.05) is 27.1 Å². The topological polar surface area (TPSA) is 72.0 Å². The van der Waals surface area contributed by atoms with Crippen molar-refractivity contribution >= 4 is 44.6 Å². The molecule has 0 saturated heterocycles. The maximum atomic E-state index is 13.4. The van der Waals surface area contributed by atoms with Gasteiger partial charge in [-0.1, -0.05) is 66.2 Å². The SMILES string of the molecule is Cc1ccc(-c2c(C)sc3ncnc(Nc4cccc5c4C(=O)c4ccccc4C5=O)c23)cc1. The molecule has 0 radical (unpaired) electrons. The van der Waals surface area contributed by atoms with E-state index >= 15 is 0 Å². The van der Waals surface area contributed by atoms with Gasteiger partial charge >= 0.3 is 0 Å². The van der Waals surface area contributed by atoms with Crippen molar-refractivity contribution in [1.29, 1.82) is 0 Å². The molecule has 6 rings (SSSR count). The molecule has 6 heteroatoms. The summed E-state index contributed by atoms with van der Waals surface area (Å²) in [7, 11) is 0. The molecular formula is C28H19N3O2S. The maximum Gasteiger partial charge on any atom is 0.196 e. The molecule has 0 amide bonds. The Morgan fingerprint density at radius 1 is 0.735 bits per heavy atom. The van der Waals surface area contributed by atoms with E-state index in [1.165, 1.54) is 11.9 Å². The van der Waals surface area contributed by atoms with Crippen LogP contribution in [0.3, 0.4) is 0 Å². The molecule has 1 aliphatic rings. The average molecular weight is 462 g/mol. The highest BCUT2D eigenvalue weighted by Gasteiger charge is 2.31. The number of ketones is 2. The zero-order chi connectivity index (χ0) is 23.4. The van der Waals surface area contributed by atoms with E-state index in [4.69, 9.17) is 0 Å². The minimum atomic E-state index is -0.168. The maximum absolute atomic E-state index is 13.4. The Bertz CT molecular complexity index is 1630. The first kappa shape index (κ1) is 20.4. The molecule has 1 aliphatic carbocycles. The number of aryl methyl sites for hydroxylation is 2. The van der Waals surface area contributed by atoms with Crippen molar-refractivity contribution in [2.45, 2.75) is 13.8 Å². The predicted molar refractivity (Wildman–Crippen MR) is 135 cm³/mol. The lowest BCUT2D eigenvalue weighted by Crippen LogP contribution is -2.22. The molecule has 34 heavy (non-hydrogen) atoms. The molecular weight excluding hydrogens is 442 g/mol. The number of carbonyl (C=O) groups is 2. The van der Waals surface area contributed by atoms with Gasteiger partial charge in [-0.3, -0.25) is 9.59 Å². The van der Waals surface area contributed by atoms with Crippen LogP contribution in [-0.2, 0) is 0 Å².